The number of aliphatic hydroxyl groups excluding tert-OH is 1. The van der Waals surface area contributed by atoms with E-state index in [1.807, 2.05) is 18.7 Å². The van der Waals surface area contributed by atoms with Crippen LogP contribution in [0.15, 0.2) is 23.8 Å². The van der Waals surface area contributed by atoms with Gasteiger partial charge < -0.3 is 5.11 Å². The average molecular weight is 365 g/mol. The van der Waals surface area contributed by atoms with E-state index < -0.39 is 17.2 Å². The van der Waals surface area contributed by atoms with Crippen molar-refractivity contribution < 1.29 is 14.3 Å². The number of hydrogen-bond acceptors (Lipinski definition) is 3. The SMILES string of the molecule is CCS[C@@H]1CC[C@H]2[C@@H]3CCC4=CC(=O)C=C[C@]4(C)C3(F)[C@@H](O)C[C@]12C. The van der Waals surface area contributed by atoms with Gasteiger partial charge in [-0.05, 0) is 68.3 Å². The molecule has 0 bridgehead atoms. The van der Waals surface area contributed by atoms with Crippen molar-refractivity contribution in [1.29, 1.82) is 0 Å². The third kappa shape index (κ3) is 2.16. The van der Waals surface area contributed by atoms with Crippen LogP contribution >= 0.6 is 11.8 Å². The van der Waals surface area contributed by atoms with E-state index in [4.69, 9.17) is 0 Å². The van der Waals surface area contributed by atoms with Crippen molar-refractivity contribution in [2.45, 2.75) is 69.9 Å². The normalized spacial score (nSPS) is 51.6. The van der Waals surface area contributed by atoms with Crippen molar-refractivity contribution in [1.82, 2.24) is 0 Å². The highest BCUT2D eigenvalue weighted by molar-refractivity contribution is 7.99. The van der Waals surface area contributed by atoms with Crippen LogP contribution in [0.5, 0.6) is 0 Å². The molecule has 0 aromatic carbocycles. The lowest BCUT2D eigenvalue weighted by atomic mass is 9.46. The van der Waals surface area contributed by atoms with E-state index in [1.165, 1.54) is 6.08 Å². The fourth-order valence-corrected chi connectivity index (χ4v) is 7.99. The predicted molar refractivity (Wildman–Crippen MR) is 100 cm³/mol. The van der Waals surface area contributed by atoms with Gasteiger partial charge in [-0.15, -0.1) is 0 Å². The van der Waals surface area contributed by atoms with Crippen LogP contribution in [-0.2, 0) is 4.79 Å². The molecule has 2 nitrogen and oxygen atoms in total. The van der Waals surface area contributed by atoms with Crippen molar-refractivity contribution >= 4 is 17.5 Å². The molecule has 138 valence electrons. The Kier molecular flexibility index (Phi) is 4.05. The number of thioether (sulfide) groups is 1. The quantitative estimate of drug-likeness (QED) is 0.785. The summed E-state index contributed by atoms with van der Waals surface area (Å²) in [6, 6.07) is 0. The van der Waals surface area contributed by atoms with E-state index in [2.05, 4.69) is 13.8 Å². The molecule has 4 aliphatic rings. The van der Waals surface area contributed by atoms with E-state index >= 15 is 4.39 Å². The van der Waals surface area contributed by atoms with Crippen molar-refractivity contribution in [3.05, 3.63) is 23.8 Å². The number of ketones is 1. The van der Waals surface area contributed by atoms with Crippen LogP contribution in [0.3, 0.4) is 0 Å². The maximum Gasteiger partial charge on any atom is 0.178 e. The smallest absolute Gasteiger partial charge is 0.178 e. The first-order chi connectivity index (χ1) is 11.8. The second-order valence-electron chi connectivity index (χ2n) is 8.87. The largest absolute Gasteiger partial charge is 0.390 e. The number of carbonyl (C=O) groups excluding carboxylic acids is 1. The maximum atomic E-state index is 16.7. The minimum atomic E-state index is -1.66. The molecule has 7 atom stereocenters. The van der Waals surface area contributed by atoms with Gasteiger partial charge in [0.1, 0.15) is 0 Å². The molecule has 3 saturated carbocycles. The molecular weight excluding hydrogens is 335 g/mol. The van der Waals surface area contributed by atoms with E-state index in [9.17, 15) is 9.90 Å². The second-order valence-corrected chi connectivity index (χ2v) is 10.4. The predicted octanol–water partition coefficient (Wildman–Crippen LogP) is 4.48. The molecule has 0 aromatic rings. The number of carbonyl (C=O) groups is 1. The highest BCUT2D eigenvalue weighted by Crippen LogP contribution is 2.68. The highest BCUT2D eigenvalue weighted by Gasteiger charge is 2.70. The minimum Gasteiger partial charge on any atom is -0.390 e. The summed E-state index contributed by atoms with van der Waals surface area (Å²) >= 11 is 1.98. The summed E-state index contributed by atoms with van der Waals surface area (Å²) in [5.74, 6) is 1.23. The molecule has 4 aliphatic carbocycles. The molecule has 0 spiro atoms. The molecule has 0 aliphatic heterocycles. The van der Waals surface area contributed by atoms with Crippen LogP contribution in [-0.4, -0.2) is 33.7 Å². The summed E-state index contributed by atoms with van der Waals surface area (Å²) in [7, 11) is 0. The van der Waals surface area contributed by atoms with Gasteiger partial charge in [-0.3, -0.25) is 4.79 Å². The standard InChI is InChI=1S/C21H29FO2S/c1-4-25-18-8-7-15-16-6-5-13-11-14(23)9-10-20(13,3)21(16,22)17(24)12-19(15,18)2/h9-11,15-18,24H,4-8,12H2,1-3H3/t15-,16-,17-,18+,19-,20-,21?/m0/s1. The molecule has 25 heavy (non-hydrogen) atoms. The molecule has 1 N–H and O–H groups in total. The monoisotopic (exact) mass is 364 g/mol. The van der Waals surface area contributed by atoms with Gasteiger partial charge in [0, 0.05) is 16.6 Å². The van der Waals surface area contributed by atoms with E-state index in [0.29, 0.717) is 17.6 Å². The van der Waals surface area contributed by atoms with Gasteiger partial charge in [0.05, 0.1) is 6.10 Å². The first-order valence-corrected chi connectivity index (χ1v) is 10.7. The zero-order chi connectivity index (χ0) is 18.0. The molecule has 0 aromatic heterocycles. The molecule has 0 heterocycles. The molecule has 4 rings (SSSR count). The molecule has 1 unspecified atom stereocenters. The lowest BCUT2D eigenvalue weighted by Gasteiger charge is -2.62. The van der Waals surface area contributed by atoms with Gasteiger partial charge in [0.25, 0.3) is 0 Å². The Balaban J connectivity index is 1.77. The molecule has 0 radical (unpaired) electrons. The van der Waals surface area contributed by atoms with Gasteiger partial charge in [0.2, 0.25) is 0 Å². The number of halogens is 1. The highest BCUT2D eigenvalue weighted by atomic mass is 32.2. The summed E-state index contributed by atoms with van der Waals surface area (Å²) in [6.07, 6.45) is 8.14. The Morgan fingerprint density at radius 1 is 1.28 bits per heavy atom. The zero-order valence-corrected chi connectivity index (χ0v) is 16.2. The van der Waals surface area contributed by atoms with Crippen molar-refractivity contribution in [2.75, 3.05) is 5.75 Å². The lowest BCUT2D eigenvalue weighted by molar-refractivity contribution is -0.188. The Labute approximate surface area is 154 Å². The number of aliphatic hydroxyl groups is 1. The van der Waals surface area contributed by atoms with Crippen LogP contribution in [0.25, 0.3) is 0 Å². The first kappa shape index (κ1) is 17.8. The summed E-state index contributed by atoms with van der Waals surface area (Å²) in [5, 5.41) is 11.6. The number of rotatable bonds is 2. The molecular formula is C21H29FO2S. The van der Waals surface area contributed by atoms with Crippen molar-refractivity contribution in [3.63, 3.8) is 0 Å². The van der Waals surface area contributed by atoms with Crippen LogP contribution in [0.4, 0.5) is 4.39 Å². The maximum absolute atomic E-state index is 16.7. The van der Waals surface area contributed by atoms with Crippen LogP contribution in [0.1, 0.15) is 52.9 Å². The van der Waals surface area contributed by atoms with Crippen LogP contribution in [0.2, 0.25) is 0 Å². The van der Waals surface area contributed by atoms with Gasteiger partial charge in [-0.2, -0.15) is 11.8 Å². The third-order valence-corrected chi connectivity index (χ3v) is 9.43. The van der Waals surface area contributed by atoms with Gasteiger partial charge in [-0.25, -0.2) is 4.39 Å². The first-order valence-electron chi connectivity index (χ1n) is 9.70. The summed E-state index contributed by atoms with van der Waals surface area (Å²) in [6.45, 7) is 6.37. The molecule has 0 saturated heterocycles. The summed E-state index contributed by atoms with van der Waals surface area (Å²) in [4.78, 5) is 11.8. The topological polar surface area (TPSA) is 37.3 Å². The Bertz CT molecular complexity index is 658. The Morgan fingerprint density at radius 3 is 2.76 bits per heavy atom. The van der Waals surface area contributed by atoms with Crippen LogP contribution in [0, 0.1) is 22.7 Å². The minimum absolute atomic E-state index is 0.0200. The van der Waals surface area contributed by atoms with Gasteiger partial charge >= 0.3 is 0 Å². The Morgan fingerprint density at radius 2 is 2.04 bits per heavy atom. The van der Waals surface area contributed by atoms with Crippen molar-refractivity contribution in [3.8, 4) is 0 Å². The van der Waals surface area contributed by atoms with E-state index in [0.717, 1.165) is 37.0 Å². The van der Waals surface area contributed by atoms with E-state index in [1.54, 1.807) is 12.2 Å². The Hall–Kier alpha value is -0.610. The summed E-state index contributed by atoms with van der Waals surface area (Å²) in [5.41, 5.74) is -1.62. The number of hydrogen-bond donors (Lipinski definition) is 1. The second kappa shape index (κ2) is 5.69. The molecule has 3 fully saturated rings. The number of alkyl halides is 1. The third-order valence-electron chi connectivity index (χ3n) is 7.92. The average Bonchev–Trinajstić information content (AvgIpc) is 2.87. The number of allylic oxidation sites excluding steroid dienone is 4. The fourth-order valence-electron chi connectivity index (χ4n) is 6.64. The molecule has 0 amide bonds. The number of fused-ring (bicyclic) bond motifs is 5. The molecule has 4 heteroatoms. The van der Waals surface area contributed by atoms with Gasteiger partial charge in [0.15, 0.2) is 11.5 Å². The van der Waals surface area contributed by atoms with Crippen molar-refractivity contribution in [2.24, 2.45) is 22.7 Å². The lowest BCUT2D eigenvalue weighted by Crippen LogP contribution is -2.66. The fraction of sp³-hybridized carbons (Fsp3) is 0.762. The zero-order valence-electron chi connectivity index (χ0n) is 15.4. The summed E-state index contributed by atoms with van der Waals surface area (Å²) < 4.78 is 16.7. The van der Waals surface area contributed by atoms with E-state index in [-0.39, 0.29) is 17.1 Å². The van der Waals surface area contributed by atoms with Crippen LogP contribution < -0.4 is 0 Å². The van der Waals surface area contributed by atoms with Gasteiger partial charge in [-0.1, -0.05) is 25.5 Å².